The number of rotatable bonds is 3. The van der Waals surface area contributed by atoms with Crippen LogP contribution in [0.2, 0.25) is 0 Å². The summed E-state index contributed by atoms with van der Waals surface area (Å²) in [6.45, 7) is -0.532. The van der Waals surface area contributed by atoms with E-state index in [1.165, 1.54) is 0 Å². The summed E-state index contributed by atoms with van der Waals surface area (Å²) in [6.07, 6.45) is 0. The monoisotopic (exact) mass is 308 g/mol. The number of ether oxygens (including phenoxy) is 1. The molecule has 1 aliphatic heterocycles. The molecule has 0 aliphatic carbocycles. The van der Waals surface area contributed by atoms with Gasteiger partial charge in [0.15, 0.2) is 4.90 Å². The number of aliphatic hydroxyl groups is 1. The zero-order valence-corrected chi connectivity index (χ0v) is 11.2. The van der Waals surface area contributed by atoms with Gasteiger partial charge in [-0.2, -0.15) is 4.31 Å². The third-order valence-corrected chi connectivity index (χ3v) is 4.98. The Labute approximate surface area is 114 Å². The van der Waals surface area contributed by atoms with Crippen LogP contribution in [0.25, 0.3) is 0 Å². The summed E-state index contributed by atoms with van der Waals surface area (Å²) in [5.74, 6) is -2.52. The van der Waals surface area contributed by atoms with Crippen molar-refractivity contribution in [1.82, 2.24) is 4.31 Å². The number of nitrogens with zero attached hydrogens (tertiary/aromatic N) is 1. The molecule has 1 unspecified atom stereocenters. The Balaban J connectivity index is 2.49. The first-order chi connectivity index (χ1) is 9.37. The van der Waals surface area contributed by atoms with Crippen molar-refractivity contribution < 1.29 is 27.0 Å². The average molecular weight is 308 g/mol. The second-order valence-corrected chi connectivity index (χ2v) is 6.17. The highest BCUT2D eigenvalue weighted by molar-refractivity contribution is 7.89. The van der Waals surface area contributed by atoms with E-state index in [0.717, 1.165) is 16.4 Å². The van der Waals surface area contributed by atoms with Crippen LogP contribution < -0.4 is 5.73 Å². The number of morpholine rings is 1. The summed E-state index contributed by atoms with van der Waals surface area (Å²) >= 11 is 0. The Kier molecular flexibility index (Phi) is 4.23. The Bertz CT molecular complexity index is 585. The Hall–Kier alpha value is -1.29. The molecular formula is C11H14F2N2O4S. The molecule has 2 rings (SSSR count). The van der Waals surface area contributed by atoms with Crippen molar-refractivity contribution in [3.05, 3.63) is 23.8 Å². The van der Waals surface area contributed by atoms with Crippen LogP contribution in [-0.4, -0.2) is 50.2 Å². The number of sulfonamides is 1. The minimum Gasteiger partial charge on any atom is -0.399 e. The summed E-state index contributed by atoms with van der Waals surface area (Å²) in [5, 5.41) is 9.16. The number of halogens is 2. The van der Waals surface area contributed by atoms with E-state index in [2.05, 4.69) is 0 Å². The molecule has 0 aromatic heterocycles. The van der Waals surface area contributed by atoms with E-state index in [1.807, 2.05) is 0 Å². The summed E-state index contributed by atoms with van der Waals surface area (Å²) in [6, 6.07) is 0.611. The molecule has 1 aromatic carbocycles. The van der Waals surface area contributed by atoms with Crippen LogP contribution in [0.1, 0.15) is 0 Å². The van der Waals surface area contributed by atoms with Gasteiger partial charge in [0, 0.05) is 12.2 Å². The molecule has 1 aliphatic rings. The fourth-order valence-electron chi connectivity index (χ4n) is 2.04. The summed E-state index contributed by atoms with van der Waals surface area (Å²) in [5.41, 5.74) is 5.05. The standard InChI is InChI=1S/C11H14F2N2O4S/c12-9-3-7(14)4-10(13)11(9)20(17,18)15-1-2-19-6-8(15)5-16/h3-4,8,16H,1-2,5-6,14H2. The average Bonchev–Trinajstić information content (AvgIpc) is 2.37. The van der Waals surface area contributed by atoms with Gasteiger partial charge >= 0.3 is 0 Å². The Morgan fingerprint density at radius 1 is 1.40 bits per heavy atom. The highest BCUT2D eigenvalue weighted by Crippen LogP contribution is 2.27. The predicted molar refractivity (Wildman–Crippen MR) is 66.4 cm³/mol. The second kappa shape index (κ2) is 5.60. The molecule has 1 heterocycles. The molecule has 9 heteroatoms. The molecular weight excluding hydrogens is 294 g/mol. The summed E-state index contributed by atoms with van der Waals surface area (Å²) in [4.78, 5) is -1.06. The fourth-order valence-corrected chi connectivity index (χ4v) is 3.72. The number of hydrogen-bond acceptors (Lipinski definition) is 5. The van der Waals surface area contributed by atoms with Crippen LogP contribution in [0.5, 0.6) is 0 Å². The van der Waals surface area contributed by atoms with E-state index in [4.69, 9.17) is 15.6 Å². The van der Waals surface area contributed by atoms with Gasteiger partial charge in [0.1, 0.15) is 11.6 Å². The van der Waals surface area contributed by atoms with Crippen LogP contribution in [0.15, 0.2) is 17.0 Å². The topological polar surface area (TPSA) is 92.9 Å². The van der Waals surface area contributed by atoms with Gasteiger partial charge in [-0.3, -0.25) is 0 Å². The molecule has 3 N–H and O–H groups in total. The number of nitrogens with two attached hydrogens (primary N) is 1. The Morgan fingerprint density at radius 3 is 2.55 bits per heavy atom. The van der Waals surface area contributed by atoms with Crippen molar-refractivity contribution in [3.63, 3.8) is 0 Å². The largest absolute Gasteiger partial charge is 0.399 e. The summed E-state index contributed by atoms with van der Waals surface area (Å²) in [7, 11) is -4.41. The molecule has 1 saturated heterocycles. The molecule has 112 valence electrons. The lowest BCUT2D eigenvalue weighted by atomic mass is 10.3. The molecule has 6 nitrogen and oxygen atoms in total. The van der Waals surface area contributed by atoms with E-state index >= 15 is 0 Å². The van der Waals surface area contributed by atoms with Crippen molar-refractivity contribution in [1.29, 1.82) is 0 Å². The van der Waals surface area contributed by atoms with Gasteiger partial charge in [-0.25, -0.2) is 17.2 Å². The Morgan fingerprint density at radius 2 is 2.00 bits per heavy atom. The maximum atomic E-state index is 13.8. The highest BCUT2D eigenvalue weighted by Gasteiger charge is 2.37. The van der Waals surface area contributed by atoms with Gasteiger partial charge in [0.05, 0.1) is 25.9 Å². The SMILES string of the molecule is Nc1cc(F)c(S(=O)(=O)N2CCOCC2CO)c(F)c1. The lowest BCUT2D eigenvalue weighted by Crippen LogP contribution is -2.50. The van der Waals surface area contributed by atoms with E-state index in [9.17, 15) is 17.2 Å². The third kappa shape index (κ3) is 2.62. The highest BCUT2D eigenvalue weighted by atomic mass is 32.2. The zero-order chi connectivity index (χ0) is 14.9. The van der Waals surface area contributed by atoms with Crippen LogP contribution in [0.4, 0.5) is 14.5 Å². The van der Waals surface area contributed by atoms with Crippen molar-refractivity contribution in [2.24, 2.45) is 0 Å². The zero-order valence-electron chi connectivity index (χ0n) is 10.4. The number of aliphatic hydroxyl groups excluding tert-OH is 1. The van der Waals surface area contributed by atoms with Gasteiger partial charge < -0.3 is 15.6 Å². The lowest BCUT2D eigenvalue weighted by molar-refractivity contribution is 0.0107. The van der Waals surface area contributed by atoms with Crippen molar-refractivity contribution in [3.8, 4) is 0 Å². The van der Waals surface area contributed by atoms with Crippen molar-refractivity contribution in [2.45, 2.75) is 10.9 Å². The molecule has 1 fully saturated rings. The molecule has 1 aromatic rings. The minimum absolute atomic E-state index is 0.0338. The molecule has 0 bridgehead atoms. The number of hydrogen-bond donors (Lipinski definition) is 2. The summed E-state index contributed by atoms with van der Waals surface area (Å²) < 4.78 is 58.1. The normalized spacial score (nSPS) is 21.1. The molecule has 0 radical (unpaired) electrons. The minimum atomic E-state index is -4.41. The lowest BCUT2D eigenvalue weighted by Gasteiger charge is -2.33. The first-order valence-corrected chi connectivity index (χ1v) is 7.27. The first kappa shape index (κ1) is 15.1. The first-order valence-electron chi connectivity index (χ1n) is 5.83. The number of nitrogen functional groups attached to an aromatic ring is 1. The van der Waals surface area contributed by atoms with Crippen LogP contribution in [0, 0.1) is 11.6 Å². The van der Waals surface area contributed by atoms with E-state index < -0.39 is 39.2 Å². The molecule has 0 saturated carbocycles. The number of anilines is 1. The maximum absolute atomic E-state index is 13.8. The smallest absolute Gasteiger partial charge is 0.249 e. The second-order valence-electron chi connectivity index (χ2n) is 4.34. The van der Waals surface area contributed by atoms with Gasteiger partial charge in [-0.1, -0.05) is 0 Å². The van der Waals surface area contributed by atoms with Crippen LogP contribution in [-0.2, 0) is 14.8 Å². The number of benzene rings is 1. The molecule has 0 amide bonds. The molecule has 1 atom stereocenters. The van der Waals surface area contributed by atoms with Crippen LogP contribution >= 0.6 is 0 Å². The fraction of sp³-hybridized carbons (Fsp3) is 0.455. The van der Waals surface area contributed by atoms with E-state index in [1.54, 1.807) is 0 Å². The molecule has 0 spiro atoms. The van der Waals surface area contributed by atoms with Gasteiger partial charge in [0.25, 0.3) is 0 Å². The van der Waals surface area contributed by atoms with Crippen LogP contribution in [0.3, 0.4) is 0 Å². The quantitative estimate of drug-likeness (QED) is 0.763. The molecule has 20 heavy (non-hydrogen) atoms. The van der Waals surface area contributed by atoms with E-state index in [0.29, 0.717) is 0 Å². The van der Waals surface area contributed by atoms with E-state index in [-0.39, 0.29) is 25.4 Å². The predicted octanol–water partition coefficient (Wildman–Crippen LogP) is -0.0712. The van der Waals surface area contributed by atoms with Gasteiger partial charge in [-0.15, -0.1) is 0 Å². The van der Waals surface area contributed by atoms with Gasteiger partial charge in [0.2, 0.25) is 10.0 Å². The third-order valence-electron chi connectivity index (χ3n) is 2.97. The maximum Gasteiger partial charge on any atom is 0.249 e. The van der Waals surface area contributed by atoms with Crippen molar-refractivity contribution in [2.75, 3.05) is 32.1 Å². The van der Waals surface area contributed by atoms with Crippen molar-refractivity contribution >= 4 is 15.7 Å². The van der Waals surface area contributed by atoms with Gasteiger partial charge in [-0.05, 0) is 12.1 Å².